The molecule has 56 valence electrons. The third-order valence-electron chi connectivity index (χ3n) is 0.929. The maximum atomic E-state index is 8.19. The normalized spacial score (nSPS) is 12.0. The first-order valence-corrected chi connectivity index (χ1v) is 2.68. The highest BCUT2D eigenvalue weighted by molar-refractivity contribution is 6.32. The van der Waals surface area contributed by atoms with Gasteiger partial charge in [-0.3, -0.25) is 0 Å². The van der Waals surface area contributed by atoms with Gasteiger partial charge in [0.25, 0.3) is 0 Å². The topological polar surface area (TPSA) is 84.7 Å². The van der Waals surface area contributed by atoms with Crippen molar-refractivity contribution in [1.82, 2.24) is 6.15 Å². The summed E-state index contributed by atoms with van der Waals surface area (Å²) >= 11 is 0. The Labute approximate surface area is 55.6 Å². The first-order chi connectivity index (χ1) is 3.66. The van der Waals surface area contributed by atoms with Gasteiger partial charge >= 0.3 is 7.32 Å². The van der Waals surface area contributed by atoms with Crippen molar-refractivity contribution in [1.29, 1.82) is 0 Å². The van der Waals surface area contributed by atoms with E-state index < -0.39 is 7.32 Å². The molecule has 4 nitrogen and oxygen atoms in total. The van der Waals surface area contributed by atoms with Crippen LogP contribution in [0.2, 0.25) is 0 Å². The van der Waals surface area contributed by atoms with E-state index in [0.29, 0.717) is 0 Å². The average Bonchev–Trinajstić information content (AvgIpc) is 1.65. The first kappa shape index (κ1) is 11.7. The van der Waals surface area contributed by atoms with Crippen molar-refractivity contribution in [3.63, 3.8) is 0 Å². The second-order valence-electron chi connectivity index (χ2n) is 1.68. The molecule has 0 amide bonds. The summed E-state index contributed by atoms with van der Waals surface area (Å²) in [5.74, 6) is 0. The molecule has 5 N–H and O–H groups in total. The van der Waals surface area contributed by atoms with Crippen LogP contribution >= 0.6 is 0 Å². The number of rotatable bonds is 3. The molecule has 1 unspecified atom stereocenters. The van der Waals surface area contributed by atoms with Gasteiger partial charge in [0.05, 0.1) is 0 Å². The highest BCUT2D eigenvalue weighted by Crippen LogP contribution is 1.94. The Morgan fingerprint density at radius 3 is 2.11 bits per heavy atom. The van der Waals surface area contributed by atoms with E-state index in [2.05, 4.69) is 4.65 Å². The molecular formula is C4H14BNO3. The van der Waals surface area contributed by atoms with Gasteiger partial charge in [0, 0.05) is 6.10 Å². The summed E-state index contributed by atoms with van der Waals surface area (Å²) in [5, 5.41) is 16.4. The van der Waals surface area contributed by atoms with Crippen molar-refractivity contribution in [2.24, 2.45) is 0 Å². The summed E-state index contributed by atoms with van der Waals surface area (Å²) in [5.41, 5.74) is 0. The lowest BCUT2D eigenvalue weighted by molar-refractivity contribution is 0.127. The lowest BCUT2D eigenvalue weighted by Gasteiger charge is -2.07. The monoisotopic (exact) mass is 135 g/mol. The Kier molecular flexibility index (Phi) is 7.82. The Hall–Kier alpha value is -0.0951. The molecule has 0 fully saturated rings. The molecule has 0 aliphatic rings. The van der Waals surface area contributed by atoms with Crippen LogP contribution in [-0.4, -0.2) is 23.5 Å². The van der Waals surface area contributed by atoms with Gasteiger partial charge in [-0.05, 0) is 13.3 Å². The van der Waals surface area contributed by atoms with E-state index >= 15 is 0 Å². The molecule has 0 aromatic rings. The summed E-state index contributed by atoms with van der Waals surface area (Å²) in [6, 6.07) is 0. The van der Waals surface area contributed by atoms with Gasteiger partial charge in [0.15, 0.2) is 0 Å². The van der Waals surface area contributed by atoms with E-state index in [4.69, 9.17) is 10.0 Å². The van der Waals surface area contributed by atoms with Gasteiger partial charge < -0.3 is 20.9 Å². The Morgan fingerprint density at radius 1 is 1.56 bits per heavy atom. The SMILES string of the molecule is CCC(C)OB(O)O.N. The van der Waals surface area contributed by atoms with Gasteiger partial charge in [-0.15, -0.1) is 0 Å². The molecule has 0 heterocycles. The molecule has 0 rings (SSSR count). The average molecular weight is 135 g/mol. The second-order valence-corrected chi connectivity index (χ2v) is 1.68. The van der Waals surface area contributed by atoms with Crippen LogP contribution in [0.4, 0.5) is 0 Å². The lowest BCUT2D eigenvalue weighted by atomic mass is 10.2. The minimum absolute atomic E-state index is 0. The molecule has 0 saturated heterocycles. The quantitative estimate of drug-likeness (QED) is 0.473. The Balaban J connectivity index is 0. The minimum atomic E-state index is -1.62. The zero-order valence-corrected chi connectivity index (χ0v) is 5.87. The standard InChI is InChI=1S/C4H11BO3.H3N/c1-3-4(2)8-5(6)7;/h4,6-7H,3H2,1-2H3;1H3. The zero-order valence-electron chi connectivity index (χ0n) is 5.87. The molecule has 0 aliphatic carbocycles. The lowest BCUT2D eigenvalue weighted by Crippen LogP contribution is -2.22. The third kappa shape index (κ3) is 7.90. The van der Waals surface area contributed by atoms with Crippen molar-refractivity contribution in [3.05, 3.63) is 0 Å². The summed E-state index contributed by atoms with van der Waals surface area (Å²) in [4.78, 5) is 0. The van der Waals surface area contributed by atoms with Crippen LogP contribution in [0.3, 0.4) is 0 Å². The van der Waals surface area contributed by atoms with Crippen LogP contribution in [-0.2, 0) is 4.65 Å². The maximum absolute atomic E-state index is 8.19. The summed E-state index contributed by atoms with van der Waals surface area (Å²) in [7, 11) is -1.62. The fraction of sp³-hybridized carbons (Fsp3) is 1.00. The minimum Gasteiger partial charge on any atom is -0.402 e. The van der Waals surface area contributed by atoms with Crippen molar-refractivity contribution < 1.29 is 14.7 Å². The van der Waals surface area contributed by atoms with E-state index in [1.807, 2.05) is 6.92 Å². The van der Waals surface area contributed by atoms with Crippen LogP contribution in [0.15, 0.2) is 0 Å². The second kappa shape index (κ2) is 6.03. The smallest absolute Gasteiger partial charge is 0.402 e. The molecule has 0 spiro atoms. The van der Waals surface area contributed by atoms with E-state index in [1.165, 1.54) is 0 Å². The molecule has 0 bridgehead atoms. The van der Waals surface area contributed by atoms with Gasteiger partial charge in [-0.1, -0.05) is 6.92 Å². The molecule has 9 heavy (non-hydrogen) atoms. The highest BCUT2D eigenvalue weighted by atomic mass is 16.6. The van der Waals surface area contributed by atoms with E-state index in [9.17, 15) is 0 Å². The third-order valence-corrected chi connectivity index (χ3v) is 0.929. The van der Waals surface area contributed by atoms with Crippen LogP contribution in [0, 0.1) is 0 Å². The molecule has 0 aromatic heterocycles. The fourth-order valence-electron chi connectivity index (χ4n) is 0.304. The summed E-state index contributed by atoms with van der Waals surface area (Å²) in [6.07, 6.45) is 0.715. The molecule has 0 saturated carbocycles. The largest absolute Gasteiger partial charge is 0.634 e. The maximum Gasteiger partial charge on any atom is 0.634 e. The fourth-order valence-corrected chi connectivity index (χ4v) is 0.304. The highest BCUT2D eigenvalue weighted by Gasteiger charge is 2.11. The first-order valence-electron chi connectivity index (χ1n) is 2.68. The number of hydrogen-bond acceptors (Lipinski definition) is 4. The molecule has 5 heteroatoms. The predicted octanol–water partition coefficient (Wildman–Crippen LogP) is -0.0670. The van der Waals surface area contributed by atoms with Crippen molar-refractivity contribution in [2.75, 3.05) is 0 Å². The molecule has 0 aliphatic heterocycles. The van der Waals surface area contributed by atoms with Crippen molar-refractivity contribution in [2.45, 2.75) is 26.4 Å². The predicted molar refractivity (Wildman–Crippen MR) is 36.1 cm³/mol. The number of hydrogen-bond donors (Lipinski definition) is 3. The zero-order chi connectivity index (χ0) is 6.57. The van der Waals surface area contributed by atoms with E-state index in [1.54, 1.807) is 6.92 Å². The summed E-state index contributed by atoms with van der Waals surface area (Å²) < 4.78 is 4.51. The molecule has 1 atom stereocenters. The molecule has 0 radical (unpaired) electrons. The molecule has 0 aromatic carbocycles. The molecular weight excluding hydrogens is 121 g/mol. The van der Waals surface area contributed by atoms with E-state index in [0.717, 1.165) is 6.42 Å². The van der Waals surface area contributed by atoms with Gasteiger partial charge in [0.1, 0.15) is 0 Å². The van der Waals surface area contributed by atoms with Crippen LogP contribution in [0.1, 0.15) is 20.3 Å². The van der Waals surface area contributed by atoms with Crippen LogP contribution in [0.5, 0.6) is 0 Å². The van der Waals surface area contributed by atoms with Crippen LogP contribution in [0.25, 0.3) is 0 Å². The van der Waals surface area contributed by atoms with Crippen LogP contribution < -0.4 is 6.15 Å². The van der Waals surface area contributed by atoms with Gasteiger partial charge in [0.2, 0.25) is 0 Å². The van der Waals surface area contributed by atoms with Crippen molar-refractivity contribution in [3.8, 4) is 0 Å². The van der Waals surface area contributed by atoms with Crippen molar-refractivity contribution >= 4 is 7.32 Å². The van der Waals surface area contributed by atoms with E-state index in [-0.39, 0.29) is 12.3 Å². The van der Waals surface area contributed by atoms with Gasteiger partial charge in [-0.2, -0.15) is 0 Å². The Morgan fingerprint density at radius 2 is 2.00 bits per heavy atom. The van der Waals surface area contributed by atoms with Gasteiger partial charge in [-0.25, -0.2) is 0 Å². The summed E-state index contributed by atoms with van der Waals surface area (Å²) in [6.45, 7) is 3.69. The Bertz CT molecular complexity index is 61.8.